The van der Waals surface area contributed by atoms with E-state index in [1.165, 1.54) is 0 Å². The lowest BCUT2D eigenvalue weighted by molar-refractivity contribution is 0.0253. The Kier molecular flexibility index (Phi) is 13.1. The Morgan fingerprint density at radius 3 is 2.32 bits per heavy atom. The van der Waals surface area contributed by atoms with Gasteiger partial charge in [0.1, 0.15) is 5.60 Å². The van der Waals surface area contributed by atoms with Crippen LogP contribution in [0.25, 0.3) is 0 Å². The van der Waals surface area contributed by atoms with E-state index in [1.807, 2.05) is 20.8 Å². The van der Waals surface area contributed by atoms with Crippen LogP contribution in [0, 0.1) is 0 Å². The third-order valence-corrected chi connectivity index (χ3v) is 4.64. The van der Waals surface area contributed by atoms with Gasteiger partial charge < -0.3 is 25.2 Å². The number of hydrogen-bond acceptors (Lipinski definition) is 4. The van der Waals surface area contributed by atoms with Gasteiger partial charge in [-0.3, -0.25) is 4.99 Å². The largest absolute Gasteiger partial charge is 0.444 e. The van der Waals surface area contributed by atoms with E-state index in [9.17, 15) is 4.79 Å². The lowest BCUT2D eigenvalue weighted by Crippen LogP contribution is -2.51. The molecule has 0 radical (unpaired) electrons. The van der Waals surface area contributed by atoms with E-state index in [1.54, 1.807) is 11.9 Å². The Morgan fingerprint density at radius 1 is 1.25 bits per heavy atom. The maximum atomic E-state index is 12.3. The number of nitrogens with one attached hydrogen (secondary N) is 2. The third-order valence-electron chi connectivity index (χ3n) is 4.64. The Balaban J connectivity index is 0.00000729. The van der Waals surface area contributed by atoms with E-state index in [0.29, 0.717) is 31.7 Å². The van der Waals surface area contributed by atoms with E-state index in [-0.39, 0.29) is 30.1 Å². The summed E-state index contributed by atoms with van der Waals surface area (Å²) in [5.41, 5.74) is -0.473. The second kappa shape index (κ2) is 13.5. The summed E-state index contributed by atoms with van der Waals surface area (Å²) in [6.07, 6.45) is 2.90. The number of rotatable bonds is 7. The highest BCUT2D eigenvalue weighted by Crippen LogP contribution is 2.13. The molecule has 0 aromatic carbocycles. The van der Waals surface area contributed by atoms with Crippen molar-refractivity contribution < 1.29 is 9.53 Å². The molecule has 1 saturated heterocycles. The van der Waals surface area contributed by atoms with Crippen LogP contribution in [0.2, 0.25) is 0 Å². The second-order valence-corrected chi connectivity index (χ2v) is 8.51. The molecule has 166 valence electrons. The zero-order valence-electron chi connectivity index (χ0n) is 18.9. The molecule has 0 saturated carbocycles. The van der Waals surface area contributed by atoms with Gasteiger partial charge in [0, 0.05) is 51.9 Å². The molecule has 28 heavy (non-hydrogen) atoms. The number of amides is 1. The quantitative estimate of drug-likeness (QED) is 0.312. The summed E-state index contributed by atoms with van der Waals surface area (Å²) < 4.78 is 5.50. The van der Waals surface area contributed by atoms with E-state index < -0.39 is 5.60 Å². The Hall–Kier alpha value is -0.770. The number of hydrogen-bond donors (Lipinski definition) is 2. The van der Waals surface area contributed by atoms with Gasteiger partial charge in [-0.15, -0.1) is 24.0 Å². The average Bonchev–Trinajstić information content (AvgIpc) is 2.58. The molecule has 8 heteroatoms. The molecule has 0 spiro atoms. The number of nitrogens with zero attached hydrogens (tertiary/aromatic N) is 3. The number of piperidine rings is 1. The van der Waals surface area contributed by atoms with Crippen LogP contribution in [-0.2, 0) is 4.74 Å². The number of aliphatic imine (C=N–C) groups is 1. The fourth-order valence-electron chi connectivity index (χ4n) is 3.15. The van der Waals surface area contributed by atoms with Crippen molar-refractivity contribution in [3.05, 3.63) is 0 Å². The summed E-state index contributed by atoms with van der Waals surface area (Å²) in [6, 6.07) is 1.06. The van der Waals surface area contributed by atoms with Crippen molar-refractivity contribution in [1.29, 1.82) is 0 Å². The zero-order chi connectivity index (χ0) is 20.4. The lowest BCUT2D eigenvalue weighted by atomic mass is 10.0. The van der Waals surface area contributed by atoms with Crippen molar-refractivity contribution in [3.8, 4) is 0 Å². The van der Waals surface area contributed by atoms with E-state index in [4.69, 9.17) is 4.74 Å². The molecule has 0 aromatic heterocycles. The fourth-order valence-corrected chi connectivity index (χ4v) is 3.15. The predicted octanol–water partition coefficient (Wildman–Crippen LogP) is 3.29. The average molecular weight is 511 g/mol. The maximum absolute atomic E-state index is 12.3. The monoisotopic (exact) mass is 511 g/mol. The van der Waals surface area contributed by atoms with Gasteiger partial charge in [0.15, 0.2) is 5.96 Å². The maximum Gasteiger partial charge on any atom is 0.410 e. The summed E-state index contributed by atoms with van der Waals surface area (Å²) >= 11 is 0. The van der Waals surface area contributed by atoms with Crippen LogP contribution in [0.5, 0.6) is 0 Å². The Labute approximate surface area is 189 Å². The molecule has 1 rings (SSSR count). The summed E-state index contributed by atoms with van der Waals surface area (Å²) in [5, 5.41) is 6.85. The van der Waals surface area contributed by atoms with Crippen molar-refractivity contribution in [2.24, 2.45) is 4.99 Å². The molecule has 1 amide bonds. The molecule has 2 N–H and O–H groups in total. The molecule has 7 nitrogen and oxygen atoms in total. The summed E-state index contributed by atoms with van der Waals surface area (Å²) in [7, 11) is 1.79. The zero-order valence-corrected chi connectivity index (χ0v) is 21.2. The topological polar surface area (TPSA) is 69.2 Å². The van der Waals surface area contributed by atoms with Crippen LogP contribution in [0.3, 0.4) is 0 Å². The van der Waals surface area contributed by atoms with E-state index in [0.717, 1.165) is 38.3 Å². The number of halogens is 1. The number of guanidine groups is 1. The third kappa shape index (κ3) is 10.7. The minimum Gasteiger partial charge on any atom is -0.444 e. The smallest absolute Gasteiger partial charge is 0.410 e. The molecule has 0 atom stereocenters. The molecular formula is C20H42IN5O2. The highest BCUT2D eigenvalue weighted by atomic mass is 127. The van der Waals surface area contributed by atoms with Crippen LogP contribution in [-0.4, -0.2) is 79.3 Å². The highest BCUT2D eigenvalue weighted by Gasteiger charge is 2.23. The van der Waals surface area contributed by atoms with Crippen molar-refractivity contribution in [3.63, 3.8) is 0 Å². The van der Waals surface area contributed by atoms with Crippen LogP contribution in [0.1, 0.15) is 60.8 Å². The SMILES string of the molecule is CCCN(CCNC(=NC)NC1CCN(C(C)C)CC1)C(=O)OC(C)(C)C.I. The minimum absolute atomic E-state index is 0. The first-order valence-corrected chi connectivity index (χ1v) is 10.4. The molecule has 0 aromatic rings. The second-order valence-electron chi connectivity index (χ2n) is 8.51. The number of carbonyl (C=O) groups is 1. The summed E-state index contributed by atoms with van der Waals surface area (Å²) in [4.78, 5) is 20.9. The standard InChI is InChI=1S/C20H41N5O2.HI/c1-8-12-25(19(26)27-20(4,5)6)15-11-22-18(21-7)23-17-9-13-24(14-10-17)16(2)3;/h16-17H,8-15H2,1-7H3,(H2,21,22,23);1H. The molecule has 1 aliphatic heterocycles. The van der Waals surface area contributed by atoms with Gasteiger partial charge >= 0.3 is 6.09 Å². The summed E-state index contributed by atoms with van der Waals surface area (Å²) in [6.45, 7) is 16.4. The fraction of sp³-hybridized carbons (Fsp3) is 0.900. The Bertz CT molecular complexity index is 472. The normalized spacial score (nSPS) is 16.5. The Morgan fingerprint density at radius 2 is 1.86 bits per heavy atom. The van der Waals surface area contributed by atoms with E-state index in [2.05, 4.69) is 41.3 Å². The van der Waals surface area contributed by atoms with Crippen LogP contribution < -0.4 is 10.6 Å². The molecule has 1 fully saturated rings. The van der Waals surface area contributed by atoms with Gasteiger partial charge in [0.2, 0.25) is 0 Å². The first kappa shape index (κ1) is 27.2. The van der Waals surface area contributed by atoms with E-state index >= 15 is 0 Å². The van der Waals surface area contributed by atoms with Crippen molar-refractivity contribution in [1.82, 2.24) is 20.4 Å². The van der Waals surface area contributed by atoms with Crippen molar-refractivity contribution >= 4 is 36.0 Å². The van der Waals surface area contributed by atoms with Crippen molar-refractivity contribution in [2.45, 2.75) is 78.5 Å². The molecule has 0 aliphatic carbocycles. The first-order valence-electron chi connectivity index (χ1n) is 10.4. The number of carbonyl (C=O) groups excluding carboxylic acids is 1. The van der Waals surface area contributed by atoms with Crippen molar-refractivity contribution in [2.75, 3.05) is 39.8 Å². The van der Waals surface area contributed by atoms with Crippen LogP contribution in [0.4, 0.5) is 4.79 Å². The van der Waals surface area contributed by atoms with Crippen LogP contribution in [0.15, 0.2) is 4.99 Å². The van der Waals surface area contributed by atoms with Crippen LogP contribution >= 0.6 is 24.0 Å². The van der Waals surface area contributed by atoms with Gasteiger partial charge in [0.05, 0.1) is 0 Å². The molecular weight excluding hydrogens is 469 g/mol. The number of ether oxygens (including phenoxy) is 1. The molecule has 1 aliphatic rings. The van der Waals surface area contributed by atoms with Gasteiger partial charge in [-0.05, 0) is 53.9 Å². The molecule has 0 bridgehead atoms. The number of likely N-dealkylation sites (tertiary alicyclic amines) is 1. The minimum atomic E-state index is -0.473. The predicted molar refractivity (Wildman–Crippen MR) is 128 cm³/mol. The van der Waals surface area contributed by atoms with Gasteiger partial charge in [-0.1, -0.05) is 6.92 Å². The van der Waals surface area contributed by atoms with Gasteiger partial charge in [0.25, 0.3) is 0 Å². The molecule has 0 unspecified atom stereocenters. The van der Waals surface area contributed by atoms with Gasteiger partial charge in [-0.25, -0.2) is 4.79 Å². The first-order chi connectivity index (χ1) is 12.7. The highest BCUT2D eigenvalue weighted by molar-refractivity contribution is 14.0. The summed E-state index contributed by atoms with van der Waals surface area (Å²) in [5.74, 6) is 0.804. The molecule has 1 heterocycles. The lowest BCUT2D eigenvalue weighted by Gasteiger charge is -2.35. The van der Waals surface area contributed by atoms with Gasteiger partial charge in [-0.2, -0.15) is 0 Å².